The molecule has 0 rings (SSSR count). The zero-order valence-corrected chi connectivity index (χ0v) is 25.5. The SMILES string of the molecule is CCCCCCCCCCCCCCC/C=C/[N+](C(CCC)C(=O)O)(C(CCC)C(=O)O)C(CCC)C(=O)O. The van der Waals surface area contributed by atoms with E-state index in [9.17, 15) is 29.7 Å². The molecule has 0 saturated carbocycles. The molecule has 0 aromatic carbocycles. The maximum atomic E-state index is 12.5. The Hall–Kier alpha value is -1.89. The van der Waals surface area contributed by atoms with Crippen molar-refractivity contribution in [3.8, 4) is 0 Å². The fraction of sp³-hybridized carbons (Fsp3) is 0.844. The Bertz CT molecular complexity index is 632. The number of carbonyl (C=O) groups is 3. The fourth-order valence-electron chi connectivity index (χ4n) is 5.94. The molecule has 3 N–H and O–H groups in total. The van der Waals surface area contributed by atoms with Crippen LogP contribution in [0.5, 0.6) is 0 Å². The molecule has 0 spiro atoms. The van der Waals surface area contributed by atoms with Gasteiger partial charge in [-0.15, -0.1) is 0 Å². The Labute approximate surface area is 238 Å². The molecule has 228 valence electrons. The van der Waals surface area contributed by atoms with Gasteiger partial charge in [-0.3, -0.25) is 4.48 Å². The summed E-state index contributed by atoms with van der Waals surface area (Å²) < 4.78 is -0.548. The third-order valence-corrected chi connectivity index (χ3v) is 8.00. The Morgan fingerprint density at radius 2 is 0.821 bits per heavy atom. The standard InChI is InChI=1S/C32H59NO6/c1-5-9-10-11-12-13-14-15-16-17-18-19-20-21-22-26-33(27(23-6-2)30(34)35,28(24-7-3)31(36)37)29(25-8-4)32(38)39/h22,26-29H,5-21,23-25H2,1-4H3,(H2-,34,35,36,37,38,39)/p+1/b26-22+. The molecule has 39 heavy (non-hydrogen) atoms. The summed E-state index contributed by atoms with van der Waals surface area (Å²) in [6, 6.07) is -3.38. The summed E-state index contributed by atoms with van der Waals surface area (Å²) in [6.07, 6.45) is 22.8. The highest BCUT2D eigenvalue weighted by Gasteiger charge is 2.56. The van der Waals surface area contributed by atoms with Crippen molar-refractivity contribution in [3.05, 3.63) is 12.3 Å². The molecule has 3 atom stereocenters. The van der Waals surface area contributed by atoms with Gasteiger partial charge in [-0.2, -0.15) is 0 Å². The Kier molecular flexibility index (Phi) is 21.8. The lowest BCUT2D eigenvalue weighted by Gasteiger charge is -2.47. The molecule has 0 radical (unpaired) electrons. The zero-order valence-electron chi connectivity index (χ0n) is 25.5. The molecule has 0 amide bonds. The molecular weight excluding hydrogens is 494 g/mol. The van der Waals surface area contributed by atoms with Crippen LogP contribution in [0.25, 0.3) is 0 Å². The number of allylic oxidation sites excluding steroid dienone is 1. The average molecular weight is 555 g/mol. The third-order valence-electron chi connectivity index (χ3n) is 8.00. The summed E-state index contributed by atoms with van der Waals surface area (Å²) in [6.45, 7) is 7.81. The molecule has 0 fully saturated rings. The van der Waals surface area contributed by atoms with Gasteiger partial charge in [0.05, 0.1) is 6.20 Å². The van der Waals surface area contributed by atoms with Gasteiger partial charge in [0.25, 0.3) is 0 Å². The molecule has 0 aliphatic carbocycles. The zero-order chi connectivity index (χ0) is 29.5. The van der Waals surface area contributed by atoms with E-state index in [2.05, 4.69) is 6.92 Å². The summed E-state index contributed by atoms with van der Waals surface area (Å²) in [5, 5.41) is 30.7. The minimum atomic E-state index is -1.13. The van der Waals surface area contributed by atoms with Crippen LogP contribution in [-0.2, 0) is 14.4 Å². The van der Waals surface area contributed by atoms with Crippen molar-refractivity contribution >= 4 is 17.9 Å². The highest BCUT2D eigenvalue weighted by atomic mass is 16.4. The first-order valence-electron chi connectivity index (χ1n) is 16.0. The lowest BCUT2D eigenvalue weighted by molar-refractivity contribution is -0.928. The number of carboxylic acid groups (broad SMARTS) is 3. The second-order valence-corrected chi connectivity index (χ2v) is 11.2. The Morgan fingerprint density at radius 1 is 0.513 bits per heavy atom. The van der Waals surface area contributed by atoms with Crippen LogP contribution in [0, 0.1) is 0 Å². The predicted octanol–water partition coefficient (Wildman–Crippen LogP) is 8.56. The quantitative estimate of drug-likeness (QED) is 0.0692. The van der Waals surface area contributed by atoms with Gasteiger partial charge in [0.15, 0.2) is 18.1 Å². The number of hydrogen-bond donors (Lipinski definition) is 3. The average Bonchev–Trinajstić information content (AvgIpc) is 2.89. The minimum Gasteiger partial charge on any atom is -0.477 e. The van der Waals surface area contributed by atoms with E-state index in [1.165, 1.54) is 64.2 Å². The van der Waals surface area contributed by atoms with Crippen molar-refractivity contribution in [2.24, 2.45) is 0 Å². The van der Waals surface area contributed by atoms with Crippen molar-refractivity contribution in [1.29, 1.82) is 0 Å². The second kappa shape index (κ2) is 22.9. The predicted molar refractivity (Wildman–Crippen MR) is 159 cm³/mol. The maximum Gasteiger partial charge on any atom is 0.363 e. The molecule has 7 heteroatoms. The molecular formula is C32H60NO6+. The van der Waals surface area contributed by atoms with Crippen LogP contribution in [0.3, 0.4) is 0 Å². The molecule has 0 heterocycles. The van der Waals surface area contributed by atoms with Crippen molar-refractivity contribution in [2.45, 2.75) is 174 Å². The van der Waals surface area contributed by atoms with Gasteiger partial charge in [-0.25, -0.2) is 14.4 Å². The lowest BCUT2D eigenvalue weighted by atomic mass is 9.93. The van der Waals surface area contributed by atoms with Crippen LogP contribution in [0.4, 0.5) is 0 Å². The van der Waals surface area contributed by atoms with Gasteiger partial charge in [0, 0.05) is 19.3 Å². The first-order valence-corrected chi connectivity index (χ1v) is 16.0. The number of rotatable bonds is 27. The highest BCUT2D eigenvalue weighted by molar-refractivity contribution is 5.78. The molecule has 0 aromatic rings. The van der Waals surface area contributed by atoms with Crippen LogP contribution < -0.4 is 0 Å². The first-order chi connectivity index (χ1) is 18.7. The van der Waals surface area contributed by atoms with Crippen molar-refractivity contribution in [3.63, 3.8) is 0 Å². The summed E-state index contributed by atoms with van der Waals surface area (Å²) in [4.78, 5) is 37.6. The molecule has 0 aliphatic rings. The van der Waals surface area contributed by atoms with E-state index in [-0.39, 0.29) is 19.3 Å². The molecule has 3 unspecified atom stereocenters. The summed E-state index contributed by atoms with van der Waals surface area (Å²) >= 11 is 0. The fourth-order valence-corrected chi connectivity index (χ4v) is 5.94. The van der Waals surface area contributed by atoms with E-state index in [4.69, 9.17) is 0 Å². The topological polar surface area (TPSA) is 112 Å². The molecule has 0 aliphatic heterocycles. The third kappa shape index (κ3) is 13.8. The number of carboxylic acids is 3. The number of unbranched alkanes of at least 4 members (excludes halogenated alkanes) is 13. The van der Waals surface area contributed by atoms with Gasteiger partial charge in [0.2, 0.25) is 0 Å². The van der Waals surface area contributed by atoms with E-state index < -0.39 is 40.5 Å². The highest BCUT2D eigenvalue weighted by Crippen LogP contribution is 2.34. The number of aliphatic carboxylic acids is 3. The summed E-state index contributed by atoms with van der Waals surface area (Å²) in [5.41, 5.74) is 0. The summed E-state index contributed by atoms with van der Waals surface area (Å²) in [5.74, 6) is -3.40. The minimum absolute atomic E-state index is 0.222. The number of nitrogens with zero attached hydrogens (tertiary/aromatic N) is 1. The van der Waals surface area contributed by atoms with E-state index >= 15 is 0 Å². The second-order valence-electron chi connectivity index (χ2n) is 11.2. The van der Waals surface area contributed by atoms with Crippen LogP contribution >= 0.6 is 0 Å². The maximum absolute atomic E-state index is 12.5. The van der Waals surface area contributed by atoms with Crippen LogP contribution in [0.1, 0.15) is 156 Å². The molecule has 0 bridgehead atoms. The van der Waals surface area contributed by atoms with Gasteiger partial charge < -0.3 is 15.3 Å². The summed E-state index contributed by atoms with van der Waals surface area (Å²) in [7, 11) is 0. The molecule has 7 nitrogen and oxygen atoms in total. The van der Waals surface area contributed by atoms with Crippen molar-refractivity contribution in [2.75, 3.05) is 0 Å². The van der Waals surface area contributed by atoms with Crippen LogP contribution in [-0.4, -0.2) is 55.8 Å². The van der Waals surface area contributed by atoms with E-state index in [0.29, 0.717) is 25.7 Å². The Morgan fingerprint density at radius 3 is 1.10 bits per heavy atom. The van der Waals surface area contributed by atoms with Gasteiger partial charge >= 0.3 is 17.9 Å². The van der Waals surface area contributed by atoms with E-state index in [0.717, 1.165) is 19.3 Å². The Balaban J connectivity index is 5.33. The van der Waals surface area contributed by atoms with E-state index in [1.807, 2.05) is 26.8 Å². The smallest absolute Gasteiger partial charge is 0.363 e. The lowest BCUT2D eigenvalue weighted by Crippen LogP contribution is -2.69. The van der Waals surface area contributed by atoms with Gasteiger partial charge in [0.1, 0.15) is 0 Å². The van der Waals surface area contributed by atoms with Crippen LogP contribution in [0.2, 0.25) is 0 Å². The van der Waals surface area contributed by atoms with Crippen LogP contribution in [0.15, 0.2) is 12.3 Å². The number of hydrogen-bond acceptors (Lipinski definition) is 3. The normalized spacial score (nSPS) is 15.6. The van der Waals surface area contributed by atoms with Crippen molar-refractivity contribution < 1.29 is 34.2 Å². The van der Waals surface area contributed by atoms with E-state index in [1.54, 1.807) is 6.20 Å². The van der Waals surface area contributed by atoms with Crippen molar-refractivity contribution in [1.82, 2.24) is 0 Å². The van der Waals surface area contributed by atoms with Gasteiger partial charge in [-0.1, -0.05) is 105 Å². The first kappa shape index (κ1) is 37.1. The number of quaternary nitrogens is 1. The molecule has 0 aromatic heterocycles. The monoisotopic (exact) mass is 554 g/mol. The molecule has 0 saturated heterocycles. The van der Waals surface area contributed by atoms with Gasteiger partial charge in [-0.05, 0) is 38.2 Å². The largest absolute Gasteiger partial charge is 0.477 e.